The van der Waals surface area contributed by atoms with E-state index < -0.39 is 0 Å². The first-order valence-electron chi connectivity index (χ1n) is 7.01. The molecule has 0 radical (unpaired) electrons. The molecule has 2 N–H and O–H groups in total. The fourth-order valence-corrected chi connectivity index (χ4v) is 2.59. The molecule has 1 aliphatic rings. The molecule has 0 spiro atoms. The van der Waals surface area contributed by atoms with Gasteiger partial charge in [-0.1, -0.05) is 30.3 Å². The molecule has 1 aliphatic heterocycles. The van der Waals surface area contributed by atoms with Gasteiger partial charge in [0.15, 0.2) is 0 Å². The fraction of sp³-hybridized carbons (Fsp3) is 0.235. The lowest BCUT2D eigenvalue weighted by Gasteiger charge is -2.26. The molecule has 1 atom stereocenters. The standard InChI is InChI=1S/C17H17NO3/c19-13-5-3-4-12(10-13)11-17(20)18-15-8-9-21-16-7-2-1-6-14(15)16/h1-7,10,15,19H,8-9,11H2,(H,18,20). The van der Waals surface area contributed by atoms with Gasteiger partial charge in [-0.15, -0.1) is 0 Å². The molecule has 0 fully saturated rings. The number of phenols is 1. The van der Waals surface area contributed by atoms with Crippen molar-refractivity contribution in [2.24, 2.45) is 0 Å². The van der Waals surface area contributed by atoms with Crippen LogP contribution in [0.3, 0.4) is 0 Å². The van der Waals surface area contributed by atoms with Crippen LogP contribution in [0.2, 0.25) is 0 Å². The highest BCUT2D eigenvalue weighted by molar-refractivity contribution is 5.79. The number of benzene rings is 2. The van der Waals surface area contributed by atoms with Crippen molar-refractivity contribution in [1.82, 2.24) is 5.32 Å². The molecule has 2 aromatic rings. The average molecular weight is 283 g/mol. The minimum absolute atomic E-state index is 0.0141. The van der Waals surface area contributed by atoms with Crippen LogP contribution in [0.5, 0.6) is 11.5 Å². The van der Waals surface area contributed by atoms with Gasteiger partial charge in [0.1, 0.15) is 11.5 Å². The van der Waals surface area contributed by atoms with Crippen LogP contribution in [0.4, 0.5) is 0 Å². The van der Waals surface area contributed by atoms with Crippen molar-refractivity contribution in [3.63, 3.8) is 0 Å². The van der Waals surface area contributed by atoms with Crippen LogP contribution < -0.4 is 10.1 Å². The summed E-state index contributed by atoms with van der Waals surface area (Å²) < 4.78 is 5.58. The van der Waals surface area contributed by atoms with Crippen molar-refractivity contribution >= 4 is 5.91 Å². The number of ether oxygens (including phenoxy) is 1. The highest BCUT2D eigenvalue weighted by atomic mass is 16.5. The summed E-state index contributed by atoms with van der Waals surface area (Å²) in [5.74, 6) is 0.963. The summed E-state index contributed by atoms with van der Waals surface area (Å²) in [5.41, 5.74) is 1.82. The Morgan fingerprint density at radius 2 is 2.10 bits per heavy atom. The van der Waals surface area contributed by atoms with Crippen LogP contribution in [0.15, 0.2) is 48.5 Å². The predicted molar refractivity (Wildman–Crippen MR) is 79.2 cm³/mol. The first kappa shape index (κ1) is 13.5. The van der Waals surface area contributed by atoms with Crippen LogP contribution in [-0.4, -0.2) is 17.6 Å². The van der Waals surface area contributed by atoms with Crippen molar-refractivity contribution in [2.45, 2.75) is 18.9 Å². The molecule has 4 nitrogen and oxygen atoms in total. The van der Waals surface area contributed by atoms with Gasteiger partial charge in [-0.3, -0.25) is 4.79 Å². The van der Waals surface area contributed by atoms with E-state index >= 15 is 0 Å². The Morgan fingerprint density at radius 1 is 1.24 bits per heavy atom. The van der Waals surface area contributed by atoms with Crippen LogP contribution >= 0.6 is 0 Å². The number of hydrogen-bond acceptors (Lipinski definition) is 3. The fourth-order valence-electron chi connectivity index (χ4n) is 2.59. The molecule has 108 valence electrons. The maximum absolute atomic E-state index is 12.2. The zero-order valence-corrected chi connectivity index (χ0v) is 11.6. The number of rotatable bonds is 3. The molecule has 2 aromatic carbocycles. The number of fused-ring (bicyclic) bond motifs is 1. The molecule has 1 amide bonds. The Balaban J connectivity index is 1.68. The Bertz CT molecular complexity index is 654. The molecule has 0 saturated heterocycles. The van der Waals surface area contributed by atoms with Gasteiger partial charge in [-0.25, -0.2) is 0 Å². The van der Waals surface area contributed by atoms with E-state index in [1.807, 2.05) is 30.3 Å². The number of phenolic OH excluding ortho intramolecular Hbond substituents is 1. The molecule has 0 aliphatic carbocycles. The number of nitrogens with one attached hydrogen (secondary N) is 1. The van der Waals surface area contributed by atoms with Crippen molar-refractivity contribution in [2.75, 3.05) is 6.61 Å². The largest absolute Gasteiger partial charge is 0.508 e. The van der Waals surface area contributed by atoms with E-state index in [1.54, 1.807) is 18.2 Å². The van der Waals surface area contributed by atoms with Gasteiger partial charge in [0.05, 0.1) is 19.1 Å². The zero-order chi connectivity index (χ0) is 14.7. The SMILES string of the molecule is O=C(Cc1cccc(O)c1)NC1CCOc2ccccc21. The van der Waals surface area contributed by atoms with E-state index in [0.29, 0.717) is 6.61 Å². The first-order valence-corrected chi connectivity index (χ1v) is 7.01. The number of aromatic hydroxyl groups is 1. The van der Waals surface area contributed by atoms with Crippen molar-refractivity contribution in [3.8, 4) is 11.5 Å². The quantitative estimate of drug-likeness (QED) is 0.910. The van der Waals surface area contributed by atoms with E-state index in [4.69, 9.17) is 4.74 Å². The molecule has 3 rings (SSSR count). The number of hydrogen-bond donors (Lipinski definition) is 2. The van der Waals surface area contributed by atoms with E-state index in [-0.39, 0.29) is 24.1 Å². The van der Waals surface area contributed by atoms with Gasteiger partial charge in [0.25, 0.3) is 0 Å². The first-order chi connectivity index (χ1) is 10.2. The minimum Gasteiger partial charge on any atom is -0.508 e. The maximum atomic E-state index is 12.2. The van der Waals surface area contributed by atoms with Crippen LogP contribution in [0.25, 0.3) is 0 Å². The topological polar surface area (TPSA) is 58.6 Å². The van der Waals surface area contributed by atoms with Gasteiger partial charge in [0, 0.05) is 12.0 Å². The van der Waals surface area contributed by atoms with Crippen molar-refractivity contribution in [3.05, 3.63) is 59.7 Å². The monoisotopic (exact) mass is 283 g/mol. The van der Waals surface area contributed by atoms with Crippen LogP contribution in [0, 0.1) is 0 Å². The summed E-state index contributed by atoms with van der Waals surface area (Å²) in [6.45, 7) is 0.605. The molecule has 1 unspecified atom stereocenters. The van der Waals surface area contributed by atoms with E-state index in [2.05, 4.69) is 5.32 Å². The molecule has 0 bridgehead atoms. The smallest absolute Gasteiger partial charge is 0.224 e. The zero-order valence-electron chi connectivity index (χ0n) is 11.6. The van der Waals surface area contributed by atoms with Crippen molar-refractivity contribution < 1.29 is 14.6 Å². The minimum atomic E-state index is -0.0534. The van der Waals surface area contributed by atoms with Crippen LogP contribution in [-0.2, 0) is 11.2 Å². The van der Waals surface area contributed by atoms with Gasteiger partial charge in [0.2, 0.25) is 5.91 Å². The Kier molecular flexibility index (Phi) is 3.77. The third-order valence-electron chi connectivity index (χ3n) is 3.57. The lowest BCUT2D eigenvalue weighted by Crippen LogP contribution is -2.33. The number of amides is 1. The third-order valence-corrected chi connectivity index (χ3v) is 3.57. The summed E-state index contributed by atoms with van der Waals surface area (Å²) in [7, 11) is 0. The van der Waals surface area contributed by atoms with E-state index in [1.165, 1.54) is 0 Å². The normalized spacial score (nSPS) is 16.7. The second-order valence-corrected chi connectivity index (χ2v) is 5.14. The Morgan fingerprint density at radius 3 is 2.95 bits per heavy atom. The Labute approximate surface area is 123 Å². The highest BCUT2D eigenvalue weighted by Gasteiger charge is 2.22. The second-order valence-electron chi connectivity index (χ2n) is 5.14. The summed E-state index contributed by atoms with van der Waals surface area (Å²) in [4.78, 5) is 12.2. The van der Waals surface area contributed by atoms with Gasteiger partial charge in [-0.2, -0.15) is 0 Å². The molecule has 21 heavy (non-hydrogen) atoms. The van der Waals surface area contributed by atoms with Gasteiger partial charge in [-0.05, 0) is 23.8 Å². The lowest BCUT2D eigenvalue weighted by atomic mass is 10.00. The molecule has 1 heterocycles. The molecular weight excluding hydrogens is 266 g/mol. The summed E-state index contributed by atoms with van der Waals surface area (Å²) >= 11 is 0. The number of para-hydroxylation sites is 1. The van der Waals surface area contributed by atoms with E-state index in [0.717, 1.165) is 23.3 Å². The molecular formula is C17H17NO3. The molecule has 0 aromatic heterocycles. The summed E-state index contributed by atoms with van der Waals surface area (Å²) in [6.07, 6.45) is 1.02. The third kappa shape index (κ3) is 3.16. The van der Waals surface area contributed by atoms with E-state index in [9.17, 15) is 9.90 Å². The summed E-state index contributed by atoms with van der Waals surface area (Å²) in [5, 5.41) is 12.5. The summed E-state index contributed by atoms with van der Waals surface area (Å²) in [6, 6.07) is 14.5. The molecule has 0 saturated carbocycles. The molecule has 4 heteroatoms. The highest BCUT2D eigenvalue weighted by Crippen LogP contribution is 2.31. The number of carbonyl (C=O) groups excluding carboxylic acids is 1. The lowest BCUT2D eigenvalue weighted by molar-refractivity contribution is -0.121. The Hall–Kier alpha value is -2.49. The number of carbonyl (C=O) groups is 1. The van der Waals surface area contributed by atoms with Gasteiger partial charge >= 0.3 is 0 Å². The predicted octanol–water partition coefficient (Wildman–Crippen LogP) is 2.57. The van der Waals surface area contributed by atoms with Crippen LogP contribution in [0.1, 0.15) is 23.6 Å². The van der Waals surface area contributed by atoms with Crippen molar-refractivity contribution in [1.29, 1.82) is 0 Å². The average Bonchev–Trinajstić information content (AvgIpc) is 2.47. The van der Waals surface area contributed by atoms with Gasteiger partial charge < -0.3 is 15.2 Å². The maximum Gasteiger partial charge on any atom is 0.224 e. The second kappa shape index (κ2) is 5.87.